The van der Waals surface area contributed by atoms with Crippen LogP contribution in [0.4, 0.5) is 11.4 Å². The number of rotatable bonds is 6. The average Bonchev–Trinajstić information content (AvgIpc) is 2.64. The molecule has 1 aromatic carbocycles. The lowest BCUT2D eigenvalue weighted by atomic mass is 9.94. The minimum atomic E-state index is -0.433. The molecule has 1 saturated heterocycles. The summed E-state index contributed by atoms with van der Waals surface area (Å²) >= 11 is 0. The Balaban J connectivity index is 1.68. The summed E-state index contributed by atoms with van der Waals surface area (Å²) in [6.45, 7) is 8.67. The number of anilines is 1. The Morgan fingerprint density at radius 2 is 1.63 bits per heavy atom. The van der Waals surface area contributed by atoms with Crippen LogP contribution < -0.4 is 5.32 Å². The lowest BCUT2D eigenvalue weighted by molar-refractivity contribution is -0.384. The molecule has 1 aliphatic heterocycles. The Labute approximate surface area is 159 Å². The van der Waals surface area contributed by atoms with Crippen LogP contribution in [-0.4, -0.2) is 59.3 Å². The Bertz CT molecular complexity index is 674. The van der Waals surface area contributed by atoms with Crippen molar-refractivity contribution in [1.82, 2.24) is 9.80 Å². The van der Waals surface area contributed by atoms with Gasteiger partial charge in [0.25, 0.3) is 5.69 Å². The number of non-ortho nitro benzene ring substituents is 1. The number of hydrogen-bond acceptors (Lipinski definition) is 5. The molecule has 0 atom stereocenters. The SMILES string of the molecule is CC(C)(C)C(=O)N1CCN(C(=O)CCCNc2ccc([N+](=O)[O-])cc2)CC1. The van der Waals surface area contributed by atoms with Gasteiger partial charge in [-0.2, -0.15) is 0 Å². The molecule has 0 unspecified atom stereocenters. The zero-order valence-corrected chi connectivity index (χ0v) is 16.2. The van der Waals surface area contributed by atoms with Crippen molar-refractivity contribution in [2.75, 3.05) is 38.0 Å². The van der Waals surface area contributed by atoms with Crippen molar-refractivity contribution >= 4 is 23.2 Å². The molecule has 2 amide bonds. The van der Waals surface area contributed by atoms with E-state index in [0.717, 1.165) is 5.69 Å². The molecular weight excluding hydrogens is 348 g/mol. The van der Waals surface area contributed by atoms with E-state index in [-0.39, 0.29) is 17.5 Å². The number of nitrogens with zero attached hydrogens (tertiary/aromatic N) is 3. The van der Waals surface area contributed by atoms with Gasteiger partial charge in [-0.15, -0.1) is 0 Å². The number of benzene rings is 1. The van der Waals surface area contributed by atoms with Crippen molar-refractivity contribution in [3.8, 4) is 0 Å². The molecule has 0 aliphatic carbocycles. The summed E-state index contributed by atoms with van der Waals surface area (Å²) < 4.78 is 0. The van der Waals surface area contributed by atoms with Gasteiger partial charge in [0.15, 0.2) is 0 Å². The first-order valence-corrected chi connectivity index (χ1v) is 9.24. The van der Waals surface area contributed by atoms with Crippen LogP contribution >= 0.6 is 0 Å². The summed E-state index contributed by atoms with van der Waals surface area (Å²) in [5.41, 5.74) is 0.456. The molecule has 8 heteroatoms. The summed E-state index contributed by atoms with van der Waals surface area (Å²) in [5.74, 6) is 0.227. The van der Waals surface area contributed by atoms with Gasteiger partial charge in [-0.05, 0) is 18.6 Å². The number of piperazine rings is 1. The van der Waals surface area contributed by atoms with E-state index in [1.807, 2.05) is 30.6 Å². The third-order valence-electron chi connectivity index (χ3n) is 4.54. The van der Waals surface area contributed by atoms with Crippen LogP contribution in [0.25, 0.3) is 0 Å². The zero-order valence-electron chi connectivity index (χ0n) is 16.2. The fourth-order valence-corrected chi connectivity index (χ4v) is 2.96. The number of hydrogen-bond donors (Lipinski definition) is 1. The standard InChI is InChI=1S/C19H28N4O4/c1-19(2,3)18(25)22-13-11-21(12-14-22)17(24)5-4-10-20-15-6-8-16(9-7-15)23(26)27/h6-9,20H,4-5,10-14H2,1-3H3. The number of carbonyl (C=O) groups excluding carboxylic acids is 2. The first-order valence-electron chi connectivity index (χ1n) is 9.24. The van der Waals surface area contributed by atoms with Crippen molar-refractivity contribution in [3.63, 3.8) is 0 Å². The normalized spacial score (nSPS) is 14.8. The third kappa shape index (κ3) is 5.94. The van der Waals surface area contributed by atoms with Gasteiger partial charge >= 0.3 is 0 Å². The highest BCUT2D eigenvalue weighted by Crippen LogP contribution is 2.19. The van der Waals surface area contributed by atoms with Crippen molar-refractivity contribution < 1.29 is 14.5 Å². The second kappa shape index (κ2) is 8.83. The van der Waals surface area contributed by atoms with Gasteiger partial charge in [-0.3, -0.25) is 19.7 Å². The van der Waals surface area contributed by atoms with Crippen LogP contribution in [-0.2, 0) is 9.59 Å². The zero-order chi connectivity index (χ0) is 20.0. The fraction of sp³-hybridized carbons (Fsp3) is 0.579. The summed E-state index contributed by atoms with van der Waals surface area (Å²) in [5, 5.41) is 13.8. The molecule has 0 spiro atoms. The Morgan fingerprint density at radius 3 is 2.15 bits per heavy atom. The minimum Gasteiger partial charge on any atom is -0.385 e. The fourth-order valence-electron chi connectivity index (χ4n) is 2.96. The van der Waals surface area contributed by atoms with Gasteiger partial charge < -0.3 is 15.1 Å². The lowest BCUT2D eigenvalue weighted by Crippen LogP contribution is -2.53. The molecule has 2 rings (SSSR count). The summed E-state index contributed by atoms with van der Waals surface area (Å²) in [7, 11) is 0. The average molecular weight is 376 g/mol. The molecule has 8 nitrogen and oxygen atoms in total. The van der Waals surface area contributed by atoms with Crippen LogP contribution in [0.2, 0.25) is 0 Å². The van der Waals surface area contributed by atoms with E-state index in [1.54, 1.807) is 12.1 Å². The topological polar surface area (TPSA) is 95.8 Å². The smallest absolute Gasteiger partial charge is 0.269 e. The van der Waals surface area contributed by atoms with Gasteiger partial charge in [-0.25, -0.2) is 0 Å². The summed E-state index contributed by atoms with van der Waals surface area (Å²) in [6.07, 6.45) is 1.12. The molecule has 1 fully saturated rings. The second-order valence-corrected chi connectivity index (χ2v) is 7.76. The van der Waals surface area contributed by atoms with Gasteiger partial charge in [0.05, 0.1) is 4.92 Å². The second-order valence-electron chi connectivity index (χ2n) is 7.76. The molecule has 1 heterocycles. The van der Waals surface area contributed by atoms with Gasteiger partial charge in [-0.1, -0.05) is 20.8 Å². The number of amides is 2. The number of nitro groups is 1. The maximum Gasteiger partial charge on any atom is 0.269 e. The van der Waals surface area contributed by atoms with Crippen LogP contribution in [0.5, 0.6) is 0 Å². The Kier molecular flexibility index (Phi) is 6.76. The van der Waals surface area contributed by atoms with Crippen LogP contribution in [0.1, 0.15) is 33.6 Å². The summed E-state index contributed by atoms with van der Waals surface area (Å²) in [6, 6.07) is 6.22. The molecule has 27 heavy (non-hydrogen) atoms. The van der Waals surface area contributed by atoms with E-state index >= 15 is 0 Å². The maximum atomic E-state index is 12.3. The largest absolute Gasteiger partial charge is 0.385 e. The maximum absolute atomic E-state index is 12.3. The van der Waals surface area contributed by atoms with Gasteiger partial charge in [0, 0.05) is 62.4 Å². The predicted molar refractivity (Wildman–Crippen MR) is 103 cm³/mol. The minimum absolute atomic E-state index is 0.0554. The quantitative estimate of drug-likeness (QED) is 0.467. The lowest BCUT2D eigenvalue weighted by Gasteiger charge is -2.37. The Hall–Kier alpha value is -2.64. The highest BCUT2D eigenvalue weighted by Gasteiger charge is 2.30. The molecule has 1 N–H and O–H groups in total. The van der Waals surface area contributed by atoms with E-state index in [1.165, 1.54) is 12.1 Å². The van der Waals surface area contributed by atoms with Crippen molar-refractivity contribution in [2.45, 2.75) is 33.6 Å². The summed E-state index contributed by atoms with van der Waals surface area (Å²) in [4.78, 5) is 38.4. The monoisotopic (exact) mass is 376 g/mol. The van der Waals surface area contributed by atoms with Gasteiger partial charge in [0.1, 0.15) is 0 Å². The first kappa shape index (κ1) is 20.7. The number of nitrogens with one attached hydrogen (secondary N) is 1. The Morgan fingerprint density at radius 1 is 1.07 bits per heavy atom. The predicted octanol–water partition coefficient (Wildman–Crippen LogP) is 2.50. The highest BCUT2D eigenvalue weighted by atomic mass is 16.6. The molecule has 0 saturated carbocycles. The molecule has 0 radical (unpaired) electrons. The van der Waals surface area contributed by atoms with Crippen LogP contribution in [0, 0.1) is 15.5 Å². The third-order valence-corrected chi connectivity index (χ3v) is 4.54. The molecule has 0 bridgehead atoms. The van der Waals surface area contributed by atoms with E-state index in [0.29, 0.717) is 45.6 Å². The first-order chi connectivity index (χ1) is 12.7. The molecule has 1 aliphatic rings. The highest BCUT2D eigenvalue weighted by molar-refractivity contribution is 5.82. The molecular formula is C19H28N4O4. The number of carbonyl (C=O) groups is 2. The van der Waals surface area contributed by atoms with Gasteiger partial charge in [0.2, 0.25) is 11.8 Å². The van der Waals surface area contributed by atoms with Crippen molar-refractivity contribution in [1.29, 1.82) is 0 Å². The van der Waals surface area contributed by atoms with Crippen LogP contribution in [0.3, 0.4) is 0 Å². The number of nitro benzene ring substituents is 1. The van der Waals surface area contributed by atoms with E-state index < -0.39 is 10.3 Å². The van der Waals surface area contributed by atoms with Crippen molar-refractivity contribution in [2.24, 2.45) is 5.41 Å². The molecule has 1 aromatic rings. The molecule has 148 valence electrons. The van der Waals surface area contributed by atoms with E-state index in [9.17, 15) is 19.7 Å². The van der Waals surface area contributed by atoms with Crippen LogP contribution in [0.15, 0.2) is 24.3 Å². The van der Waals surface area contributed by atoms with Crippen molar-refractivity contribution in [3.05, 3.63) is 34.4 Å². The van der Waals surface area contributed by atoms with E-state index in [4.69, 9.17) is 0 Å². The molecule has 0 aromatic heterocycles. The van der Waals surface area contributed by atoms with E-state index in [2.05, 4.69) is 5.32 Å².